The van der Waals surface area contributed by atoms with Gasteiger partial charge in [-0.25, -0.2) is 0 Å². The molecule has 0 aromatic heterocycles. The summed E-state index contributed by atoms with van der Waals surface area (Å²) in [6.07, 6.45) is 0.896. The number of carbonyl (C=O) groups is 1. The molecule has 3 nitrogen and oxygen atoms in total. The van der Waals surface area contributed by atoms with Crippen LogP contribution >= 0.6 is 0 Å². The zero-order valence-electron chi connectivity index (χ0n) is 6.39. The Labute approximate surface area is 60.7 Å². The highest BCUT2D eigenvalue weighted by molar-refractivity contribution is 5.80. The fourth-order valence-electron chi connectivity index (χ4n) is 0.792. The van der Waals surface area contributed by atoms with Gasteiger partial charge >= 0.3 is 5.97 Å². The fourth-order valence-corrected chi connectivity index (χ4v) is 0.792. The average molecular weight is 143 g/mol. The van der Waals surface area contributed by atoms with E-state index in [4.69, 9.17) is 4.74 Å². The van der Waals surface area contributed by atoms with Crippen LogP contribution in [0.25, 0.3) is 0 Å². The summed E-state index contributed by atoms with van der Waals surface area (Å²) in [5.74, 6) is -0.102. The third-order valence-electron chi connectivity index (χ3n) is 1.54. The first-order valence-corrected chi connectivity index (χ1v) is 3.68. The molecule has 0 aliphatic carbocycles. The Hall–Kier alpha value is -0.570. The van der Waals surface area contributed by atoms with Crippen molar-refractivity contribution in [1.29, 1.82) is 0 Å². The lowest BCUT2D eigenvalue weighted by molar-refractivity contribution is -0.143. The van der Waals surface area contributed by atoms with Crippen molar-refractivity contribution in [3.8, 4) is 0 Å². The summed E-state index contributed by atoms with van der Waals surface area (Å²) < 4.78 is 4.88. The van der Waals surface area contributed by atoms with Gasteiger partial charge in [0, 0.05) is 6.04 Å². The molecule has 1 aliphatic heterocycles. The molecule has 0 bridgehead atoms. The molecular formula is C7H13NO2. The summed E-state index contributed by atoms with van der Waals surface area (Å²) in [5, 5.41) is 2.97. The van der Waals surface area contributed by atoms with Crippen molar-refractivity contribution in [2.45, 2.75) is 32.4 Å². The van der Waals surface area contributed by atoms with Gasteiger partial charge in [0.2, 0.25) is 0 Å². The molecule has 1 N–H and O–H groups in total. The van der Waals surface area contributed by atoms with Crippen molar-refractivity contribution in [3.63, 3.8) is 0 Å². The van der Waals surface area contributed by atoms with Crippen LogP contribution < -0.4 is 5.32 Å². The van der Waals surface area contributed by atoms with Gasteiger partial charge in [0.1, 0.15) is 6.04 Å². The zero-order valence-corrected chi connectivity index (χ0v) is 6.39. The summed E-state index contributed by atoms with van der Waals surface area (Å²) in [6.45, 7) is 4.50. The van der Waals surface area contributed by atoms with Crippen LogP contribution in [-0.4, -0.2) is 24.7 Å². The van der Waals surface area contributed by atoms with Crippen LogP contribution in [0.3, 0.4) is 0 Å². The van der Waals surface area contributed by atoms with Gasteiger partial charge in [0.05, 0.1) is 6.61 Å². The second kappa shape index (κ2) is 3.01. The number of hydrogen-bond acceptors (Lipinski definition) is 3. The third kappa shape index (κ3) is 1.70. The Morgan fingerprint density at radius 1 is 1.70 bits per heavy atom. The Balaban J connectivity index is 2.11. The topological polar surface area (TPSA) is 48.2 Å². The maximum absolute atomic E-state index is 10.9. The second-order valence-electron chi connectivity index (χ2n) is 2.60. The Bertz CT molecular complexity index is 136. The maximum atomic E-state index is 10.9. The summed E-state index contributed by atoms with van der Waals surface area (Å²) in [7, 11) is 0. The molecule has 0 spiro atoms. The highest BCUT2D eigenvalue weighted by Gasteiger charge is 2.39. The third-order valence-corrected chi connectivity index (χ3v) is 1.54. The van der Waals surface area contributed by atoms with E-state index in [1.165, 1.54) is 0 Å². The quantitative estimate of drug-likeness (QED) is 0.456. The van der Waals surface area contributed by atoms with E-state index in [0.29, 0.717) is 12.6 Å². The van der Waals surface area contributed by atoms with Crippen LogP contribution in [0.15, 0.2) is 0 Å². The minimum absolute atomic E-state index is 0.0217. The fraction of sp³-hybridized carbons (Fsp3) is 0.857. The molecule has 0 unspecified atom stereocenters. The first-order chi connectivity index (χ1) is 4.75. The van der Waals surface area contributed by atoms with Crippen LogP contribution in [0.5, 0.6) is 0 Å². The molecule has 1 heterocycles. The van der Waals surface area contributed by atoms with Gasteiger partial charge in [0.25, 0.3) is 0 Å². The van der Waals surface area contributed by atoms with Crippen LogP contribution in [0.1, 0.15) is 20.3 Å². The highest BCUT2D eigenvalue weighted by atomic mass is 16.5. The zero-order chi connectivity index (χ0) is 7.56. The number of rotatable bonds is 3. The predicted octanol–water partition coefficient (Wildman–Crippen LogP) is 0.300. The number of nitrogens with one attached hydrogen (secondary N) is 1. The van der Waals surface area contributed by atoms with E-state index in [1.807, 2.05) is 13.8 Å². The van der Waals surface area contributed by atoms with Crippen molar-refractivity contribution in [2.24, 2.45) is 0 Å². The van der Waals surface area contributed by atoms with E-state index < -0.39 is 0 Å². The predicted molar refractivity (Wildman–Crippen MR) is 37.6 cm³/mol. The van der Waals surface area contributed by atoms with Crippen molar-refractivity contribution in [1.82, 2.24) is 5.32 Å². The Morgan fingerprint density at radius 3 is 2.70 bits per heavy atom. The molecule has 0 radical (unpaired) electrons. The van der Waals surface area contributed by atoms with Gasteiger partial charge < -0.3 is 4.74 Å². The van der Waals surface area contributed by atoms with Gasteiger partial charge in [-0.1, -0.05) is 6.92 Å². The summed E-state index contributed by atoms with van der Waals surface area (Å²) in [5.41, 5.74) is 0. The van der Waals surface area contributed by atoms with E-state index >= 15 is 0 Å². The van der Waals surface area contributed by atoms with E-state index in [1.54, 1.807) is 0 Å². The standard InChI is InChI=1S/C7H13NO2/c1-3-4-10-7(9)6-5(2)8-6/h5-6,8H,3-4H2,1-2H3/t5-,6+/m0/s1. The van der Waals surface area contributed by atoms with Crippen LogP contribution in [0.4, 0.5) is 0 Å². The van der Waals surface area contributed by atoms with E-state index in [0.717, 1.165) is 6.42 Å². The Kier molecular flexibility index (Phi) is 2.27. The van der Waals surface area contributed by atoms with E-state index in [2.05, 4.69) is 5.32 Å². The van der Waals surface area contributed by atoms with Crippen molar-refractivity contribution in [2.75, 3.05) is 6.61 Å². The minimum Gasteiger partial charge on any atom is -0.464 e. The second-order valence-corrected chi connectivity index (χ2v) is 2.60. The molecule has 1 fully saturated rings. The van der Waals surface area contributed by atoms with Crippen molar-refractivity contribution < 1.29 is 9.53 Å². The molecule has 1 aliphatic rings. The average Bonchev–Trinajstić information content (AvgIpc) is 2.62. The first kappa shape index (κ1) is 7.54. The maximum Gasteiger partial charge on any atom is 0.324 e. The number of ether oxygens (including phenoxy) is 1. The molecular weight excluding hydrogens is 130 g/mol. The van der Waals surface area contributed by atoms with E-state index in [-0.39, 0.29) is 12.0 Å². The molecule has 0 amide bonds. The van der Waals surface area contributed by atoms with Gasteiger partial charge in [-0.15, -0.1) is 0 Å². The van der Waals surface area contributed by atoms with Gasteiger partial charge in [-0.3, -0.25) is 10.1 Å². The summed E-state index contributed by atoms with van der Waals surface area (Å²) in [6, 6.07) is 0.302. The van der Waals surface area contributed by atoms with Crippen LogP contribution in [0, 0.1) is 0 Å². The smallest absolute Gasteiger partial charge is 0.324 e. The lowest BCUT2D eigenvalue weighted by atomic mass is 10.3. The first-order valence-electron chi connectivity index (χ1n) is 3.68. The molecule has 58 valence electrons. The SMILES string of the molecule is CCCOC(=O)[C@@H]1N[C@H]1C. The molecule has 0 aromatic rings. The van der Waals surface area contributed by atoms with Gasteiger partial charge in [-0.2, -0.15) is 0 Å². The molecule has 3 heteroatoms. The lowest BCUT2D eigenvalue weighted by Crippen LogP contribution is -2.15. The minimum atomic E-state index is -0.102. The largest absolute Gasteiger partial charge is 0.464 e. The Morgan fingerprint density at radius 2 is 2.30 bits per heavy atom. The van der Waals surface area contributed by atoms with Crippen LogP contribution in [0.2, 0.25) is 0 Å². The highest BCUT2D eigenvalue weighted by Crippen LogP contribution is 2.10. The molecule has 1 saturated heterocycles. The lowest BCUT2D eigenvalue weighted by Gasteiger charge is -1.98. The normalized spacial score (nSPS) is 29.8. The number of hydrogen-bond donors (Lipinski definition) is 1. The van der Waals surface area contributed by atoms with Crippen molar-refractivity contribution >= 4 is 5.97 Å². The summed E-state index contributed by atoms with van der Waals surface area (Å²) in [4.78, 5) is 10.9. The molecule has 1 rings (SSSR count). The van der Waals surface area contributed by atoms with Gasteiger partial charge in [-0.05, 0) is 13.3 Å². The van der Waals surface area contributed by atoms with Gasteiger partial charge in [0.15, 0.2) is 0 Å². The van der Waals surface area contributed by atoms with Crippen molar-refractivity contribution in [3.05, 3.63) is 0 Å². The number of esters is 1. The molecule has 0 saturated carbocycles. The van der Waals surface area contributed by atoms with Crippen LogP contribution in [-0.2, 0) is 9.53 Å². The molecule has 0 aromatic carbocycles. The number of carbonyl (C=O) groups excluding carboxylic acids is 1. The molecule has 2 atom stereocenters. The van der Waals surface area contributed by atoms with E-state index in [9.17, 15) is 4.79 Å². The molecule has 10 heavy (non-hydrogen) atoms. The summed E-state index contributed by atoms with van der Waals surface area (Å²) >= 11 is 0. The monoisotopic (exact) mass is 143 g/mol.